The summed E-state index contributed by atoms with van der Waals surface area (Å²) in [6, 6.07) is 4.68. The van der Waals surface area contributed by atoms with Gasteiger partial charge in [0.25, 0.3) is 0 Å². The van der Waals surface area contributed by atoms with Crippen LogP contribution in [0.4, 0.5) is 4.39 Å². The Kier molecular flexibility index (Phi) is 5.09. The SMILES string of the molecule is CN(CCOCC1CC1)Cc1ccc(C(=N)N)cc1F. The summed E-state index contributed by atoms with van der Waals surface area (Å²) in [4.78, 5) is 2.03. The summed E-state index contributed by atoms with van der Waals surface area (Å²) in [6.45, 7) is 2.84. The molecule has 110 valence electrons. The fourth-order valence-electron chi connectivity index (χ4n) is 1.97. The van der Waals surface area contributed by atoms with Crippen LogP contribution in [0.2, 0.25) is 0 Å². The second-order valence-electron chi connectivity index (χ2n) is 5.48. The molecule has 1 saturated carbocycles. The van der Waals surface area contributed by atoms with Crippen molar-refractivity contribution in [3.8, 4) is 0 Å². The van der Waals surface area contributed by atoms with Gasteiger partial charge in [-0.3, -0.25) is 10.3 Å². The first-order valence-corrected chi connectivity index (χ1v) is 6.95. The van der Waals surface area contributed by atoms with Crippen LogP contribution >= 0.6 is 0 Å². The van der Waals surface area contributed by atoms with E-state index in [-0.39, 0.29) is 11.7 Å². The maximum atomic E-state index is 13.9. The molecule has 1 aliphatic rings. The van der Waals surface area contributed by atoms with E-state index >= 15 is 0 Å². The van der Waals surface area contributed by atoms with E-state index in [2.05, 4.69) is 0 Å². The fraction of sp³-hybridized carbons (Fsp3) is 0.533. The number of benzene rings is 1. The smallest absolute Gasteiger partial charge is 0.128 e. The summed E-state index contributed by atoms with van der Waals surface area (Å²) in [5.41, 5.74) is 6.36. The Labute approximate surface area is 119 Å². The number of nitrogen functional groups attached to an aromatic ring is 1. The summed E-state index contributed by atoms with van der Waals surface area (Å²) >= 11 is 0. The van der Waals surface area contributed by atoms with Gasteiger partial charge in [-0.05, 0) is 31.9 Å². The Balaban J connectivity index is 1.77. The summed E-state index contributed by atoms with van der Waals surface area (Å²) in [6.07, 6.45) is 2.59. The minimum atomic E-state index is -0.316. The lowest BCUT2D eigenvalue weighted by molar-refractivity contribution is 0.101. The Morgan fingerprint density at radius 3 is 2.85 bits per heavy atom. The van der Waals surface area contributed by atoms with E-state index < -0.39 is 0 Å². The zero-order valence-corrected chi connectivity index (χ0v) is 11.9. The highest BCUT2D eigenvalue weighted by Gasteiger charge is 2.21. The molecule has 0 saturated heterocycles. The van der Waals surface area contributed by atoms with Crippen LogP contribution in [0.15, 0.2) is 18.2 Å². The molecule has 0 aromatic heterocycles. The zero-order valence-electron chi connectivity index (χ0n) is 11.9. The average Bonchev–Trinajstić information content (AvgIpc) is 3.21. The summed E-state index contributed by atoms with van der Waals surface area (Å²) in [5, 5.41) is 7.28. The number of ether oxygens (including phenoxy) is 1. The Morgan fingerprint density at radius 2 is 2.25 bits per heavy atom. The number of amidine groups is 1. The lowest BCUT2D eigenvalue weighted by Gasteiger charge is -2.17. The summed E-state index contributed by atoms with van der Waals surface area (Å²) < 4.78 is 19.4. The van der Waals surface area contributed by atoms with Gasteiger partial charge in [0.1, 0.15) is 11.7 Å². The molecule has 20 heavy (non-hydrogen) atoms. The first-order valence-electron chi connectivity index (χ1n) is 6.95. The Morgan fingerprint density at radius 1 is 1.50 bits per heavy atom. The molecule has 0 unspecified atom stereocenters. The Hall–Kier alpha value is -1.46. The number of likely N-dealkylation sites (N-methyl/N-ethyl adjacent to an activating group) is 1. The maximum Gasteiger partial charge on any atom is 0.128 e. The van der Waals surface area contributed by atoms with Crippen LogP contribution < -0.4 is 5.73 Å². The largest absolute Gasteiger partial charge is 0.384 e. The summed E-state index contributed by atoms with van der Waals surface area (Å²) in [5.74, 6) is 0.345. The molecular weight excluding hydrogens is 257 g/mol. The van der Waals surface area contributed by atoms with Crippen LogP contribution in [-0.2, 0) is 11.3 Å². The van der Waals surface area contributed by atoms with Gasteiger partial charge in [0.2, 0.25) is 0 Å². The quantitative estimate of drug-likeness (QED) is 0.434. The van der Waals surface area contributed by atoms with Crippen molar-refractivity contribution in [2.24, 2.45) is 11.7 Å². The van der Waals surface area contributed by atoms with Gasteiger partial charge in [-0.1, -0.05) is 12.1 Å². The monoisotopic (exact) mass is 279 g/mol. The highest BCUT2D eigenvalue weighted by atomic mass is 19.1. The highest BCUT2D eigenvalue weighted by molar-refractivity contribution is 5.94. The van der Waals surface area contributed by atoms with Crippen LogP contribution in [0.25, 0.3) is 0 Å². The minimum absolute atomic E-state index is 0.114. The third kappa shape index (κ3) is 4.58. The first-order chi connectivity index (χ1) is 9.56. The molecule has 3 N–H and O–H groups in total. The van der Waals surface area contributed by atoms with Crippen LogP contribution in [-0.4, -0.2) is 37.5 Å². The molecule has 0 radical (unpaired) electrons. The lowest BCUT2D eigenvalue weighted by atomic mass is 10.1. The standard InChI is InChI=1S/C15H22FN3O/c1-19(6-7-20-10-11-2-3-11)9-13-5-4-12(15(17)18)8-14(13)16/h4-5,8,11H,2-3,6-7,9-10H2,1H3,(H3,17,18). The topological polar surface area (TPSA) is 62.3 Å². The predicted octanol–water partition coefficient (Wildman–Crippen LogP) is 1.97. The maximum absolute atomic E-state index is 13.9. The van der Waals surface area contributed by atoms with Crippen molar-refractivity contribution in [1.29, 1.82) is 5.41 Å². The van der Waals surface area contributed by atoms with Crippen molar-refractivity contribution in [2.45, 2.75) is 19.4 Å². The van der Waals surface area contributed by atoms with E-state index in [0.29, 0.717) is 24.3 Å². The molecule has 0 heterocycles. The van der Waals surface area contributed by atoms with E-state index in [1.165, 1.54) is 18.9 Å². The molecule has 0 atom stereocenters. The molecule has 5 heteroatoms. The van der Waals surface area contributed by atoms with Crippen molar-refractivity contribution in [1.82, 2.24) is 4.90 Å². The molecule has 1 aliphatic carbocycles. The Bertz CT molecular complexity index is 474. The van der Waals surface area contributed by atoms with Crippen molar-refractivity contribution >= 4 is 5.84 Å². The molecule has 0 spiro atoms. The van der Waals surface area contributed by atoms with Gasteiger partial charge in [0, 0.05) is 30.8 Å². The molecule has 1 aromatic rings. The van der Waals surface area contributed by atoms with Crippen molar-refractivity contribution in [2.75, 3.05) is 26.8 Å². The molecule has 0 aliphatic heterocycles. The number of nitrogens with zero attached hydrogens (tertiary/aromatic N) is 1. The third-order valence-electron chi connectivity index (χ3n) is 3.47. The van der Waals surface area contributed by atoms with Gasteiger partial charge in [0.15, 0.2) is 0 Å². The second kappa shape index (κ2) is 6.81. The molecule has 1 fully saturated rings. The summed E-state index contributed by atoms with van der Waals surface area (Å²) in [7, 11) is 1.94. The van der Waals surface area contributed by atoms with Gasteiger partial charge in [-0.25, -0.2) is 4.39 Å². The van der Waals surface area contributed by atoms with Crippen molar-refractivity contribution < 1.29 is 9.13 Å². The van der Waals surface area contributed by atoms with Gasteiger partial charge in [-0.2, -0.15) is 0 Å². The molecule has 2 rings (SSSR count). The molecule has 1 aromatic carbocycles. The third-order valence-corrected chi connectivity index (χ3v) is 3.47. The molecule has 4 nitrogen and oxygen atoms in total. The van der Waals surface area contributed by atoms with Crippen LogP contribution in [0.3, 0.4) is 0 Å². The van der Waals surface area contributed by atoms with Crippen molar-refractivity contribution in [3.63, 3.8) is 0 Å². The first kappa shape index (κ1) is 14.9. The predicted molar refractivity (Wildman–Crippen MR) is 77.3 cm³/mol. The number of hydrogen-bond acceptors (Lipinski definition) is 3. The van der Waals surface area contributed by atoms with Gasteiger partial charge in [0.05, 0.1) is 6.61 Å². The number of nitrogens with one attached hydrogen (secondary N) is 1. The van der Waals surface area contributed by atoms with Crippen LogP contribution in [0.5, 0.6) is 0 Å². The average molecular weight is 279 g/mol. The molecule has 0 bridgehead atoms. The number of halogens is 1. The van der Waals surface area contributed by atoms with Crippen molar-refractivity contribution in [3.05, 3.63) is 35.1 Å². The number of hydrogen-bond donors (Lipinski definition) is 2. The molecule has 0 amide bonds. The zero-order chi connectivity index (χ0) is 14.5. The normalized spacial score (nSPS) is 14.8. The van der Waals surface area contributed by atoms with E-state index in [4.69, 9.17) is 15.9 Å². The van der Waals surface area contributed by atoms with Gasteiger partial charge in [-0.15, -0.1) is 0 Å². The van der Waals surface area contributed by atoms with E-state index in [9.17, 15) is 4.39 Å². The highest BCUT2D eigenvalue weighted by Crippen LogP contribution is 2.28. The minimum Gasteiger partial charge on any atom is -0.384 e. The van der Waals surface area contributed by atoms with E-state index in [1.54, 1.807) is 12.1 Å². The van der Waals surface area contributed by atoms with E-state index in [1.807, 2.05) is 11.9 Å². The molecular formula is C15H22FN3O. The van der Waals surface area contributed by atoms with Crippen LogP contribution in [0.1, 0.15) is 24.0 Å². The number of rotatable bonds is 8. The van der Waals surface area contributed by atoms with Gasteiger partial charge < -0.3 is 10.5 Å². The number of nitrogens with two attached hydrogens (primary N) is 1. The van der Waals surface area contributed by atoms with Gasteiger partial charge >= 0.3 is 0 Å². The fourth-order valence-corrected chi connectivity index (χ4v) is 1.97. The van der Waals surface area contributed by atoms with E-state index in [0.717, 1.165) is 19.1 Å². The lowest BCUT2D eigenvalue weighted by Crippen LogP contribution is -2.24. The second-order valence-corrected chi connectivity index (χ2v) is 5.48. The van der Waals surface area contributed by atoms with Crippen LogP contribution in [0, 0.1) is 17.1 Å².